The molecule has 0 bridgehead atoms. The predicted octanol–water partition coefficient (Wildman–Crippen LogP) is 0.681. The lowest BCUT2D eigenvalue weighted by molar-refractivity contribution is -0.140. The van der Waals surface area contributed by atoms with Crippen molar-refractivity contribution in [1.82, 2.24) is 21.1 Å². The topological polar surface area (TPSA) is 108 Å². The molecule has 0 aromatic rings. The molecule has 134 valence electrons. The van der Waals surface area contributed by atoms with Crippen molar-refractivity contribution in [2.24, 2.45) is 11.3 Å². The van der Waals surface area contributed by atoms with Crippen LogP contribution in [0.4, 0.5) is 4.79 Å². The summed E-state index contributed by atoms with van der Waals surface area (Å²) in [6, 6.07) is -0.620. The molecule has 0 unspecified atom stereocenters. The average molecular weight is 338 g/mol. The third kappa shape index (κ3) is 3.68. The number of rotatable bonds is 3. The van der Waals surface area contributed by atoms with Crippen molar-refractivity contribution in [1.29, 1.82) is 0 Å². The number of imide groups is 1. The first-order valence-corrected chi connectivity index (χ1v) is 8.30. The van der Waals surface area contributed by atoms with E-state index in [1.807, 2.05) is 0 Å². The molecule has 24 heavy (non-hydrogen) atoms. The number of carbonyl (C=O) groups excluding carboxylic acids is 4. The van der Waals surface area contributed by atoms with E-state index < -0.39 is 28.8 Å². The van der Waals surface area contributed by atoms with Gasteiger partial charge in [0.25, 0.3) is 11.8 Å². The second kappa shape index (κ2) is 6.41. The van der Waals surface area contributed by atoms with Crippen LogP contribution in [0, 0.1) is 11.3 Å². The molecule has 2 aliphatic rings. The van der Waals surface area contributed by atoms with E-state index in [1.165, 1.54) is 0 Å². The number of hydrazine groups is 1. The van der Waals surface area contributed by atoms with E-state index in [1.54, 1.807) is 20.8 Å². The highest BCUT2D eigenvalue weighted by Crippen LogP contribution is 2.35. The molecule has 8 nitrogen and oxygen atoms in total. The first kappa shape index (κ1) is 18.2. The van der Waals surface area contributed by atoms with Crippen LogP contribution in [0.1, 0.15) is 53.4 Å². The predicted molar refractivity (Wildman–Crippen MR) is 86.3 cm³/mol. The van der Waals surface area contributed by atoms with Gasteiger partial charge < -0.3 is 10.6 Å². The van der Waals surface area contributed by atoms with Crippen molar-refractivity contribution in [2.45, 2.75) is 58.9 Å². The Morgan fingerprint density at radius 1 is 1.25 bits per heavy atom. The fraction of sp³-hybridized carbons (Fsp3) is 0.750. The van der Waals surface area contributed by atoms with Crippen molar-refractivity contribution in [3.05, 3.63) is 0 Å². The molecule has 8 heteroatoms. The maximum Gasteiger partial charge on any atom is 0.344 e. The summed E-state index contributed by atoms with van der Waals surface area (Å²) >= 11 is 0. The quantitative estimate of drug-likeness (QED) is 0.658. The Bertz CT molecular complexity index is 559. The highest BCUT2D eigenvalue weighted by Gasteiger charge is 2.52. The monoisotopic (exact) mass is 338 g/mol. The van der Waals surface area contributed by atoms with Gasteiger partial charge in [0.15, 0.2) is 0 Å². The van der Waals surface area contributed by atoms with E-state index >= 15 is 0 Å². The Labute approximate surface area is 141 Å². The van der Waals surface area contributed by atoms with Crippen molar-refractivity contribution < 1.29 is 19.2 Å². The van der Waals surface area contributed by atoms with Gasteiger partial charge in [-0.25, -0.2) is 4.79 Å². The van der Waals surface area contributed by atoms with E-state index in [-0.39, 0.29) is 12.5 Å². The van der Waals surface area contributed by atoms with Gasteiger partial charge in [-0.05, 0) is 31.6 Å². The van der Waals surface area contributed by atoms with Crippen LogP contribution in [-0.4, -0.2) is 40.8 Å². The van der Waals surface area contributed by atoms with Crippen LogP contribution in [-0.2, 0) is 14.4 Å². The van der Waals surface area contributed by atoms with Gasteiger partial charge >= 0.3 is 6.03 Å². The molecular weight excluding hydrogens is 312 g/mol. The van der Waals surface area contributed by atoms with Gasteiger partial charge in [0.1, 0.15) is 5.54 Å². The Kier molecular flexibility index (Phi) is 4.87. The molecule has 1 saturated heterocycles. The normalized spacial score (nSPS) is 27.2. The number of urea groups is 1. The fourth-order valence-electron chi connectivity index (χ4n) is 2.91. The molecule has 1 aliphatic carbocycles. The largest absolute Gasteiger partial charge is 0.347 e. The number of nitrogens with one attached hydrogen (secondary N) is 3. The molecule has 0 aromatic carbocycles. The van der Waals surface area contributed by atoms with E-state index in [9.17, 15) is 19.2 Å². The summed E-state index contributed by atoms with van der Waals surface area (Å²) in [6.07, 6.45) is 2.86. The van der Waals surface area contributed by atoms with Crippen molar-refractivity contribution in [3.8, 4) is 0 Å². The molecule has 2 fully saturated rings. The smallest absolute Gasteiger partial charge is 0.344 e. The first-order valence-electron chi connectivity index (χ1n) is 8.30. The highest BCUT2D eigenvalue weighted by molar-refractivity contribution is 6.08. The number of nitrogens with zero attached hydrogens (tertiary/aromatic N) is 1. The number of hydrogen-bond donors (Lipinski definition) is 3. The molecular formula is C16H26N4O4. The van der Waals surface area contributed by atoms with Crippen LogP contribution < -0.4 is 16.1 Å². The SMILES string of the molecule is CC1CCC2(CC1)NC(=O)N(NC(=O)CNC(=O)C(C)(C)C)C2=O. The van der Waals surface area contributed by atoms with E-state index in [0.29, 0.717) is 18.8 Å². The Morgan fingerprint density at radius 3 is 2.38 bits per heavy atom. The minimum absolute atomic E-state index is 0.285. The van der Waals surface area contributed by atoms with Crippen LogP contribution in [0.5, 0.6) is 0 Å². The Hall–Kier alpha value is -2.12. The lowest BCUT2D eigenvalue weighted by Gasteiger charge is -2.33. The molecule has 5 amide bonds. The van der Waals surface area contributed by atoms with Crippen LogP contribution in [0.15, 0.2) is 0 Å². The summed E-state index contributed by atoms with van der Waals surface area (Å²) in [4.78, 5) is 48.3. The summed E-state index contributed by atoms with van der Waals surface area (Å²) in [5, 5.41) is 5.94. The first-order chi connectivity index (χ1) is 11.0. The molecule has 3 N–H and O–H groups in total. The third-order valence-corrected chi connectivity index (χ3v) is 4.62. The van der Waals surface area contributed by atoms with Gasteiger partial charge in [-0.1, -0.05) is 27.7 Å². The van der Waals surface area contributed by atoms with E-state index in [2.05, 4.69) is 23.0 Å². The fourth-order valence-corrected chi connectivity index (χ4v) is 2.91. The lowest BCUT2D eigenvalue weighted by Crippen LogP contribution is -2.53. The van der Waals surface area contributed by atoms with Crippen LogP contribution in [0.2, 0.25) is 0 Å². The molecule has 0 radical (unpaired) electrons. The van der Waals surface area contributed by atoms with E-state index in [0.717, 1.165) is 17.9 Å². The molecule has 0 aromatic heterocycles. The maximum atomic E-state index is 12.6. The molecule has 1 heterocycles. The minimum Gasteiger partial charge on any atom is -0.347 e. The molecule has 1 aliphatic heterocycles. The van der Waals surface area contributed by atoms with Crippen molar-refractivity contribution in [2.75, 3.05) is 6.54 Å². The minimum atomic E-state index is -0.897. The second-order valence-electron chi connectivity index (χ2n) is 7.80. The maximum absolute atomic E-state index is 12.6. The third-order valence-electron chi connectivity index (χ3n) is 4.62. The highest BCUT2D eigenvalue weighted by atomic mass is 16.2. The van der Waals surface area contributed by atoms with Gasteiger partial charge in [0.05, 0.1) is 6.54 Å². The van der Waals surface area contributed by atoms with Crippen molar-refractivity contribution in [3.63, 3.8) is 0 Å². The Balaban J connectivity index is 1.93. The van der Waals surface area contributed by atoms with Crippen LogP contribution in [0.25, 0.3) is 0 Å². The van der Waals surface area contributed by atoms with Gasteiger partial charge in [0, 0.05) is 5.41 Å². The zero-order valence-electron chi connectivity index (χ0n) is 14.7. The molecule has 2 rings (SSSR count). The van der Waals surface area contributed by atoms with Crippen LogP contribution >= 0.6 is 0 Å². The number of amides is 5. The summed E-state index contributed by atoms with van der Waals surface area (Å²) in [7, 11) is 0. The summed E-state index contributed by atoms with van der Waals surface area (Å²) in [5.74, 6) is -0.795. The Morgan fingerprint density at radius 2 is 1.83 bits per heavy atom. The van der Waals surface area contributed by atoms with Gasteiger partial charge in [-0.15, -0.1) is 0 Å². The second-order valence-corrected chi connectivity index (χ2v) is 7.80. The summed E-state index contributed by atoms with van der Waals surface area (Å²) < 4.78 is 0. The molecule has 1 saturated carbocycles. The molecule has 0 atom stereocenters. The summed E-state index contributed by atoms with van der Waals surface area (Å²) in [5.41, 5.74) is 0.768. The number of carbonyl (C=O) groups is 4. The standard InChI is InChI=1S/C16H26N4O4/c1-10-5-7-16(8-6-10)13(23)20(14(24)18-16)19-11(21)9-17-12(22)15(2,3)4/h10H,5-9H2,1-4H3,(H,17,22)(H,18,24)(H,19,21). The number of hydrogen-bond acceptors (Lipinski definition) is 4. The zero-order chi connectivity index (χ0) is 18.1. The van der Waals surface area contributed by atoms with E-state index in [4.69, 9.17) is 0 Å². The zero-order valence-corrected chi connectivity index (χ0v) is 14.7. The van der Waals surface area contributed by atoms with Gasteiger partial charge in [-0.3, -0.25) is 19.8 Å². The molecule has 1 spiro atoms. The van der Waals surface area contributed by atoms with Crippen LogP contribution in [0.3, 0.4) is 0 Å². The van der Waals surface area contributed by atoms with Crippen molar-refractivity contribution >= 4 is 23.8 Å². The van der Waals surface area contributed by atoms with Gasteiger partial charge in [-0.2, -0.15) is 5.01 Å². The average Bonchev–Trinajstić information content (AvgIpc) is 2.71. The summed E-state index contributed by atoms with van der Waals surface area (Å²) in [6.45, 7) is 7.01. The lowest BCUT2D eigenvalue weighted by atomic mass is 9.77. The van der Waals surface area contributed by atoms with Gasteiger partial charge in [0.2, 0.25) is 5.91 Å².